The predicted molar refractivity (Wildman–Crippen MR) is 101 cm³/mol. The highest BCUT2D eigenvalue weighted by atomic mass is 32.1. The number of piperidine rings is 1. The van der Waals surface area contributed by atoms with Crippen molar-refractivity contribution >= 4 is 32.7 Å². The van der Waals surface area contributed by atoms with Gasteiger partial charge >= 0.3 is 0 Å². The van der Waals surface area contributed by atoms with Gasteiger partial charge in [-0.3, -0.25) is 4.79 Å². The molecule has 3 aromatic rings. The summed E-state index contributed by atoms with van der Waals surface area (Å²) >= 11 is 1.56. The van der Waals surface area contributed by atoms with Gasteiger partial charge in [-0.15, -0.1) is 0 Å². The minimum atomic E-state index is -0.287. The van der Waals surface area contributed by atoms with Crippen molar-refractivity contribution < 1.29 is 9.18 Å². The maximum atomic E-state index is 13.2. The number of pyridine rings is 1. The van der Waals surface area contributed by atoms with Crippen molar-refractivity contribution in [2.24, 2.45) is 5.92 Å². The van der Waals surface area contributed by atoms with Crippen LogP contribution >= 0.6 is 11.3 Å². The summed E-state index contributed by atoms with van der Waals surface area (Å²) in [7, 11) is 0. The first-order valence-electron chi connectivity index (χ1n) is 8.68. The first kappa shape index (κ1) is 16.9. The molecule has 1 amide bonds. The van der Waals surface area contributed by atoms with Gasteiger partial charge in [-0.25, -0.2) is 14.4 Å². The van der Waals surface area contributed by atoms with Crippen LogP contribution in [-0.4, -0.2) is 29.0 Å². The maximum absolute atomic E-state index is 13.2. The second-order valence-corrected chi connectivity index (χ2v) is 7.41. The molecule has 0 spiro atoms. The molecule has 1 aliphatic heterocycles. The molecular weight excluding hydrogens is 351 g/mol. The summed E-state index contributed by atoms with van der Waals surface area (Å²) in [5.74, 6) is -0.361. The molecular formula is C19H19FN4OS. The second-order valence-electron chi connectivity index (χ2n) is 6.46. The zero-order valence-corrected chi connectivity index (χ0v) is 15.0. The van der Waals surface area contributed by atoms with Crippen LogP contribution in [0.15, 0.2) is 42.6 Å². The number of aromatic nitrogens is 2. The molecule has 0 aliphatic carbocycles. The third-order valence-electron chi connectivity index (χ3n) is 4.57. The molecule has 3 heterocycles. The Morgan fingerprint density at radius 1 is 1.35 bits per heavy atom. The van der Waals surface area contributed by atoms with Gasteiger partial charge < -0.3 is 10.2 Å². The van der Waals surface area contributed by atoms with Crippen LogP contribution in [0.25, 0.3) is 10.3 Å². The van der Waals surface area contributed by atoms with Crippen LogP contribution in [0, 0.1) is 11.7 Å². The Hall–Kier alpha value is -2.54. The molecule has 134 valence electrons. The minimum absolute atomic E-state index is 0.0122. The van der Waals surface area contributed by atoms with Gasteiger partial charge in [0, 0.05) is 25.8 Å². The van der Waals surface area contributed by atoms with E-state index >= 15 is 0 Å². The molecule has 1 aromatic carbocycles. The molecule has 26 heavy (non-hydrogen) atoms. The van der Waals surface area contributed by atoms with Gasteiger partial charge in [0.05, 0.1) is 5.92 Å². The minimum Gasteiger partial charge on any atom is -0.352 e. The van der Waals surface area contributed by atoms with Gasteiger partial charge in [0.1, 0.15) is 16.2 Å². The Kier molecular flexibility index (Phi) is 4.79. The highest BCUT2D eigenvalue weighted by Gasteiger charge is 2.27. The number of fused-ring (bicyclic) bond motifs is 1. The van der Waals surface area contributed by atoms with Crippen LogP contribution in [0.5, 0.6) is 0 Å². The lowest BCUT2D eigenvalue weighted by Gasteiger charge is -2.31. The molecule has 1 saturated heterocycles. The Balaban J connectivity index is 1.40. The van der Waals surface area contributed by atoms with E-state index < -0.39 is 0 Å². The maximum Gasteiger partial charge on any atom is 0.225 e. The van der Waals surface area contributed by atoms with Crippen molar-refractivity contribution in [2.75, 3.05) is 18.0 Å². The molecule has 0 unspecified atom stereocenters. The number of benzene rings is 1. The van der Waals surface area contributed by atoms with Crippen LogP contribution in [0.3, 0.4) is 0 Å². The summed E-state index contributed by atoms with van der Waals surface area (Å²) in [6, 6.07) is 10.1. The fourth-order valence-corrected chi connectivity index (χ4v) is 4.18. The normalized spacial score (nSPS) is 17.4. The summed E-state index contributed by atoms with van der Waals surface area (Å²) < 4.78 is 13.2. The summed E-state index contributed by atoms with van der Waals surface area (Å²) in [6.07, 6.45) is 3.57. The molecule has 2 aromatic heterocycles. The number of carbonyl (C=O) groups is 1. The van der Waals surface area contributed by atoms with Crippen molar-refractivity contribution in [3.8, 4) is 0 Å². The first-order chi connectivity index (χ1) is 12.7. The highest BCUT2D eigenvalue weighted by Crippen LogP contribution is 2.30. The fraction of sp³-hybridized carbons (Fsp3) is 0.316. The summed E-state index contributed by atoms with van der Waals surface area (Å²) in [4.78, 5) is 24.6. The number of halogens is 1. The molecule has 7 heteroatoms. The molecule has 0 bridgehead atoms. The third kappa shape index (κ3) is 3.67. The lowest BCUT2D eigenvalue weighted by molar-refractivity contribution is -0.125. The van der Waals surface area contributed by atoms with Crippen LogP contribution in [0.4, 0.5) is 9.52 Å². The lowest BCUT2D eigenvalue weighted by Crippen LogP contribution is -2.42. The molecule has 1 N–H and O–H groups in total. The Morgan fingerprint density at radius 2 is 2.27 bits per heavy atom. The predicted octanol–water partition coefficient (Wildman–Crippen LogP) is 3.36. The van der Waals surface area contributed by atoms with Gasteiger partial charge in [0.15, 0.2) is 5.13 Å². The Bertz CT molecular complexity index is 896. The average Bonchev–Trinajstić information content (AvgIpc) is 3.10. The number of thiazole rings is 1. The van der Waals surface area contributed by atoms with Crippen LogP contribution in [0.2, 0.25) is 0 Å². The average molecular weight is 370 g/mol. The monoisotopic (exact) mass is 370 g/mol. The van der Waals surface area contributed by atoms with Gasteiger partial charge in [0.25, 0.3) is 0 Å². The quantitative estimate of drug-likeness (QED) is 0.765. The Morgan fingerprint density at radius 3 is 3.12 bits per heavy atom. The van der Waals surface area contributed by atoms with Gasteiger partial charge in [0.2, 0.25) is 5.91 Å². The van der Waals surface area contributed by atoms with E-state index in [1.807, 2.05) is 18.2 Å². The fourth-order valence-electron chi connectivity index (χ4n) is 3.24. The highest BCUT2D eigenvalue weighted by molar-refractivity contribution is 7.21. The number of hydrogen-bond acceptors (Lipinski definition) is 5. The van der Waals surface area contributed by atoms with E-state index in [-0.39, 0.29) is 17.6 Å². The smallest absolute Gasteiger partial charge is 0.225 e. The van der Waals surface area contributed by atoms with E-state index in [1.54, 1.807) is 23.6 Å². The molecule has 1 aliphatic rings. The van der Waals surface area contributed by atoms with Crippen LogP contribution in [0.1, 0.15) is 18.4 Å². The van der Waals surface area contributed by atoms with Gasteiger partial charge in [-0.2, -0.15) is 0 Å². The van der Waals surface area contributed by atoms with Gasteiger partial charge in [-0.1, -0.05) is 23.5 Å². The number of hydrogen-bond donors (Lipinski definition) is 1. The molecule has 1 atom stereocenters. The summed E-state index contributed by atoms with van der Waals surface area (Å²) in [5, 5.41) is 3.85. The van der Waals surface area contributed by atoms with E-state index in [0.29, 0.717) is 13.1 Å². The first-order valence-corrected chi connectivity index (χ1v) is 9.49. The number of anilines is 1. The number of nitrogens with zero attached hydrogens (tertiary/aromatic N) is 3. The van der Waals surface area contributed by atoms with Crippen molar-refractivity contribution in [2.45, 2.75) is 19.4 Å². The van der Waals surface area contributed by atoms with Crippen molar-refractivity contribution in [3.63, 3.8) is 0 Å². The standard InChI is InChI=1S/C19H19FN4OS/c20-15-6-1-4-13(10-15)11-22-17(25)14-5-3-9-24(12-14)19-23-16-7-2-8-21-18(16)26-19/h1-2,4,6-8,10,14H,3,5,9,11-12H2,(H,22,25)/t14-/m1/s1. The molecule has 0 saturated carbocycles. The van der Waals surface area contributed by atoms with E-state index in [4.69, 9.17) is 0 Å². The SMILES string of the molecule is O=C(NCc1cccc(F)c1)[C@@H]1CCCN(c2nc3cccnc3s2)C1. The van der Waals surface area contributed by atoms with Crippen molar-refractivity contribution in [1.82, 2.24) is 15.3 Å². The van der Waals surface area contributed by atoms with Crippen LogP contribution < -0.4 is 10.2 Å². The zero-order chi connectivity index (χ0) is 17.9. The van der Waals surface area contributed by atoms with E-state index in [0.717, 1.165) is 40.4 Å². The zero-order valence-electron chi connectivity index (χ0n) is 14.2. The van der Waals surface area contributed by atoms with E-state index in [9.17, 15) is 9.18 Å². The summed E-state index contributed by atoms with van der Waals surface area (Å²) in [5.41, 5.74) is 1.66. The summed E-state index contributed by atoms with van der Waals surface area (Å²) in [6.45, 7) is 1.89. The Labute approximate surface area is 154 Å². The van der Waals surface area contributed by atoms with E-state index in [2.05, 4.69) is 20.2 Å². The molecule has 4 rings (SSSR count). The number of carbonyl (C=O) groups excluding carboxylic acids is 1. The van der Waals surface area contributed by atoms with Crippen LogP contribution in [-0.2, 0) is 11.3 Å². The lowest BCUT2D eigenvalue weighted by atomic mass is 9.97. The second kappa shape index (κ2) is 7.37. The van der Waals surface area contributed by atoms with Gasteiger partial charge in [-0.05, 0) is 42.7 Å². The molecule has 1 fully saturated rings. The topological polar surface area (TPSA) is 58.1 Å². The number of nitrogens with one attached hydrogen (secondary N) is 1. The third-order valence-corrected chi connectivity index (χ3v) is 5.61. The van der Waals surface area contributed by atoms with Crippen molar-refractivity contribution in [3.05, 3.63) is 54.0 Å². The number of rotatable bonds is 4. The van der Waals surface area contributed by atoms with E-state index in [1.165, 1.54) is 12.1 Å². The molecule has 5 nitrogen and oxygen atoms in total. The largest absolute Gasteiger partial charge is 0.352 e. The van der Waals surface area contributed by atoms with Crippen molar-refractivity contribution in [1.29, 1.82) is 0 Å². The number of amides is 1. The molecule has 0 radical (unpaired) electrons.